The largest absolute Gasteiger partial charge is 0.497 e. The Kier molecular flexibility index (Phi) is 10.9. The number of halogens is 4. The highest BCUT2D eigenvalue weighted by atomic mass is 19.4. The van der Waals surface area contributed by atoms with Gasteiger partial charge in [0.25, 0.3) is 5.56 Å². The first-order valence-corrected chi connectivity index (χ1v) is 14.9. The maximum absolute atomic E-state index is 14.3. The Morgan fingerprint density at radius 2 is 1.68 bits per heavy atom. The molecule has 0 saturated heterocycles. The van der Waals surface area contributed by atoms with Gasteiger partial charge in [-0.05, 0) is 81.3 Å². The first-order valence-electron chi connectivity index (χ1n) is 14.9. The molecule has 9 nitrogen and oxygen atoms in total. The number of carbonyl (C=O) groups excluding carboxylic acids is 2. The number of hydrogen-bond acceptors (Lipinski definition) is 6. The second kappa shape index (κ2) is 14.7. The van der Waals surface area contributed by atoms with E-state index in [9.17, 15) is 31.9 Å². The number of methoxy groups -OCH3 is 1. The lowest BCUT2D eigenvalue weighted by Crippen LogP contribution is -2.38. The van der Waals surface area contributed by atoms with Crippen molar-refractivity contribution >= 4 is 22.9 Å². The summed E-state index contributed by atoms with van der Waals surface area (Å²) in [5.41, 5.74) is -1.36. The Balaban J connectivity index is 1.60. The monoisotopic (exact) mass is 656 g/mol. The zero-order valence-electron chi connectivity index (χ0n) is 26.5. The number of alkyl carbamates (subject to hydrolysis) is 1. The van der Waals surface area contributed by atoms with Crippen LogP contribution in [-0.4, -0.2) is 58.8 Å². The van der Waals surface area contributed by atoms with E-state index in [-0.39, 0.29) is 43.6 Å². The molecule has 0 bridgehead atoms. The van der Waals surface area contributed by atoms with Crippen LogP contribution in [-0.2, 0) is 28.5 Å². The number of rotatable bonds is 11. The van der Waals surface area contributed by atoms with Crippen LogP contribution in [0.1, 0.15) is 44.1 Å². The highest BCUT2D eigenvalue weighted by Gasteiger charge is 2.34. The fraction of sp³-hybridized carbons (Fsp3) is 0.353. The number of nitrogens with zero attached hydrogens (tertiary/aromatic N) is 3. The van der Waals surface area contributed by atoms with Gasteiger partial charge in [-0.1, -0.05) is 18.2 Å². The second-order valence-corrected chi connectivity index (χ2v) is 11.8. The number of ether oxygens (including phenoxy) is 2. The van der Waals surface area contributed by atoms with Crippen molar-refractivity contribution in [3.63, 3.8) is 0 Å². The van der Waals surface area contributed by atoms with Gasteiger partial charge >= 0.3 is 12.3 Å². The number of para-hydroxylation sites is 1. The predicted molar refractivity (Wildman–Crippen MR) is 168 cm³/mol. The minimum absolute atomic E-state index is 0.0648. The summed E-state index contributed by atoms with van der Waals surface area (Å²) in [4.78, 5) is 45.5. The number of aromatic nitrogens is 2. The molecule has 4 aromatic rings. The molecule has 0 spiro atoms. The topological polar surface area (TPSA) is 103 Å². The first-order chi connectivity index (χ1) is 22.2. The third-order valence-corrected chi connectivity index (χ3v) is 7.10. The smallest absolute Gasteiger partial charge is 0.419 e. The van der Waals surface area contributed by atoms with Crippen molar-refractivity contribution in [3.8, 4) is 11.4 Å². The van der Waals surface area contributed by atoms with Gasteiger partial charge in [0.05, 0.1) is 35.7 Å². The molecule has 0 aliphatic rings. The molecule has 4 rings (SSSR count). The summed E-state index contributed by atoms with van der Waals surface area (Å²) in [5, 5.41) is 3.03. The van der Waals surface area contributed by atoms with Gasteiger partial charge in [-0.2, -0.15) is 13.2 Å². The quantitative estimate of drug-likeness (QED) is 0.155. The number of carbonyl (C=O) groups is 2. The lowest BCUT2D eigenvalue weighted by atomic mass is 10.1. The van der Waals surface area contributed by atoms with E-state index in [1.807, 2.05) is 0 Å². The highest BCUT2D eigenvalue weighted by molar-refractivity contribution is 5.79. The summed E-state index contributed by atoms with van der Waals surface area (Å²) in [5.74, 6) is -1.00. The molecule has 0 radical (unpaired) electrons. The van der Waals surface area contributed by atoms with Gasteiger partial charge in [0, 0.05) is 26.1 Å². The summed E-state index contributed by atoms with van der Waals surface area (Å²) < 4.78 is 65.5. The van der Waals surface area contributed by atoms with Crippen molar-refractivity contribution in [1.82, 2.24) is 19.8 Å². The molecule has 250 valence electrons. The summed E-state index contributed by atoms with van der Waals surface area (Å²) in [6.45, 7) is 5.54. The fourth-order valence-electron chi connectivity index (χ4n) is 4.90. The van der Waals surface area contributed by atoms with Crippen LogP contribution >= 0.6 is 0 Å². The van der Waals surface area contributed by atoms with Crippen molar-refractivity contribution in [2.75, 3.05) is 26.7 Å². The van der Waals surface area contributed by atoms with Gasteiger partial charge in [-0.25, -0.2) is 14.2 Å². The van der Waals surface area contributed by atoms with Crippen molar-refractivity contribution in [2.24, 2.45) is 0 Å². The molecule has 0 saturated carbocycles. The van der Waals surface area contributed by atoms with Crippen LogP contribution in [0.2, 0.25) is 0 Å². The third kappa shape index (κ3) is 9.30. The van der Waals surface area contributed by atoms with Gasteiger partial charge in [-0.15, -0.1) is 0 Å². The average molecular weight is 657 g/mol. The zero-order valence-corrected chi connectivity index (χ0v) is 26.5. The molecule has 0 aliphatic heterocycles. The normalized spacial score (nSPS) is 11.7. The standard InChI is InChI=1S/C34H36F4N4O5/c1-33(2,3)47-32(45)39-17-7-18-41(30(43)21-22-10-15-26(27(35)20-22)34(36,37)38)19-16-29-40-28-9-6-5-8-25(28)31(44)42(29)23-11-13-24(46-4)14-12-23/h5-6,8-15,20H,7,16-19,21H2,1-4H3,(H,39,45). The molecule has 2 amide bonds. The van der Waals surface area contributed by atoms with Crippen LogP contribution < -0.4 is 15.6 Å². The molecule has 1 heterocycles. The van der Waals surface area contributed by atoms with E-state index in [4.69, 9.17) is 14.5 Å². The molecule has 0 atom stereocenters. The maximum Gasteiger partial charge on any atom is 0.419 e. The summed E-state index contributed by atoms with van der Waals surface area (Å²) >= 11 is 0. The molecule has 0 aliphatic carbocycles. The Labute approximate surface area is 269 Å². The average Bonchev–Trinajstić information content (AvgIpc) is 2.99. The summed E-state index contributed by atoms with van der Waals surface area (Å²) in [7, 11) is 1.53. The Bertz CT molecular complexity index is 1780. The Morgan fingerprint density at radius 1 is 0.979 bits per heavy atom. The number of amides is 2. The van der Waals surface area contributed by atoms with E-state index < -0.39 is 35.2 Å². The minimum atomic E-state index is -4.87. The summed E-state index contributed by atoms with van der Waals surface area (Å²) in [6, 6.07) is 16.1. The summed E-state index contributed by atoms with van der Waals surface area (Å²) in [6.07, 6.45) is -5.43. The first kappa shape index (κ1) is 34.9. The predicted octanol–water partition coefficient (Wildman–Crippen LogP) is 6.08. The molecule has 0 fully saturated rings. The van der Waals surface area contributed by atoms with Gasteiger partial charge < -0.3 is 19.7 Å². The molecule has 0 unspecified atom stereocenters. The number of hydrogen-bond donors (Lipinski definition) is 1. The number of fused-ring (bicyclic) bond motifs is 1. The number of alkyl halides is 3. The molecule has 1 aromatic heterocycles. The van der Waals surface area contributed by atoms with Gasteiger partial charge in [0.2, 0.25) is 5.91 Å². The molecule has 1 N–H and O–H groups in total. The number of nitrogens with one attached hydrogen (secondary N) is 1. The van der Waals surface area contributed by atoms with E-state index in [2.05, 4.69) is 5.32 Å². The van der Waals surface area contributed by atoms with E-state index in [0.29, 0.717) is 46.7 Å². The fourth-order valence-corrected chi connectivity index (χ4v) is 4.90. The lowest BCUT2D eigenvalue weighted by molar-refractivity contribution is -0.140. The Hall–Kier alpha value is -4.94. The molecule has 3 aromatic carbocycles. The van der Waals surface area contributed by atoms with E-state index >= 15 is 0 Å². The van der Waals surface area contributed by atoms with E-state index in [1.54, 1.807) is 69.3 Å². The van der Waals surface area contributed by atoms with Crippen LogP contribution in [0.5, 0.6) is 5.75 Å². The Morgan fingerprint density at radius 3 is 2.32 bits per heavy atom. The van der Waals surface area contributed by atoms with Crippen molar-refractivity contribution in [1.29, 1.82) is 0 Å². The zero-order chi connectivity index (χ0) is 34.4. The van der Waals surface area contributed by atoms with Crippen LogP contribution in [0.25, 0.3) is 16.6 Å². The highest BCUT2D eigenvalue weighted by Crippen LogP contribution is 2.31. The molecule has 13 heteroatoms. The third-order valence-electron chi connectivity index (χ3n) is 7.10. The molecular formula is C34H36F4N4O5. The SMILES string of the molecule is COc1ccc(-n2c(CCN(CCCNC(=O)OC(C)(C)C)C(=O)Cc3ccc(C(F)(F)F)c(F)c3)nc3ccccc3c2=O)cc1. The van der Waals surface area contributed by atoms with E-state index in [0.717, 1.165) is 6.07 Å². The van der Waals surface area contributed by atoms with Crippen molar-refractivity contribution in [2.45, 2.75) is 51.8 Å². The second-order valence-electron chi connectivity index (χ2n) is 11.8. The number of benzene rings is 3. The van der Waals surface area contributed by atoms with Gasteiger partial charge in [0.15, 0.2) is 0 Å². The van der Waals surface area contributed by atoms with Crippen molar-refractivity contribution in [3.05, 3.63) is 99.9 Å². The van der Waals surface area contributed by atoms with E-state index in [1.165, 1.54) is 16.6 Å². The minimum Gasteiger partial charge on any atom is -0.497 e. The van der Waals surface area contributed by atoms with Crippen LogP contribution in [0.3, 0.4) is 0 Å². The van der Waals surface area contributed by atoms with Gasteiger partial charge in [0.1, 0.15) is 23.0 Å². The van der Waals surface area contributed by atoms with Crippen LogP contribution in [0.4, 0.5) is 22.4 Å². The molecule has 47 heavy (non-hydrogen) atoms. The van der Waals surface area contributed by atoms with Crippen LogP contribution in [0, 0.1) is 5.82 Å². The maximum atomic E-state index is 14.3. The van der Waals surface area contributed by atoms with Crippen molar-refractivity contribution < 1.29 is 36.6 Å². The lowest BCUT2D eigenvalue weighted by Gasteiger charge is -2.24. The molecular weight excluding hydrogens is 620 g/mol. The van der Waals surface area contributed by atoms with Crippen LogP contribution in [0.15, 0.2) is 71.5 Å². The van der Waals surface area contributed by atoms with Gasteiger partial charge in [-0.3, -0.25) is 14.2 Å².